The van der Waals surface area contributed by atoms with Crippen molar-refractivity contribution in [2.45, 2.75) is 0 Å². The Labute approximate surface area is 201 Å². The van der Waals surface area contributed by atoms with Gasteiger partial charge in [0.1, 0.15) is 22.8 Å². The molecule has 2 saturated heterocycles. The monoisotopic (exact) mass is 475 g/mol. The SMILES string of the molecule is COc1cc(N2CC3(CNC3)C2)c(OC)cc1Nc1ncc(F)c(-c2cnc3c(ccn3C)c2)n1. The van der Waals surface area contributed by atoms with E-state index < -0.39 is 5.82 Å². The zero-order chi connectivity index (χ0) is 24.2. The standard InChI is InChI=1S/C25H26FN7O2/c1-32-5-4-15-6-16(9-28-23(15)32)22-17(26)10-29-24(31-22)30-18-7-21(35-3)19(8-20(18)34-2)33-13-25(14-33)11-27-12-25/h4-10,27H,11-14H2,1-3H3,(H,29,30,31). The molecular weight excluding hydrogens is 449 g/mol. The Bertz CT molecular complexity index is 1430. The summed E-state index contributed by atoms with van der Waals surface area (Å²) in [4.78, 5) is 15.3. The minimum absolute atomic E-state index is 0.170. The van der Waals surface area contributed by atoms with Crippen LogP contribution in [0.4, 0.5) is 21.7 Å². The summed E-state index contributed by atoms with van der Waals surface area (Å²) in [6.07, 6.45) is 4.69. The average Bonchev–Trinajstić information content (AvgIpc) is 3.18. The van der Waals surface area contributed by atoms with Crippen LogP contribution < -0.4 is 25.0 Å². The Kier molecular flexibility index (Phi) is 4.99. The summed E-state index contributed by atoms with van der Waals surface area (Å²) >= 11 is 0. The van der Waals surface area contributed by atoms with E-state index in [1.807, 2.05) is 42.1 Å². The maximum Gasteiger partial charge on any atom is 0.228 e. The average molecular weight is 476 g/mol. The lowest BCUT2D eigenvalue weighted by Crippen LogP contribution is -2.71. The van der Waals surface area contributed by atoms with Crippen molar-refractivity contribution in [3.8, 4) is 22.8 Å². The van der Waals surface area contributed by atoms with Gasteiger partial charge in [0.05, 0.1) is 31.8 Å². The van der Waals surface area contributed by atoms with Crippen LogP contribution in [-0.2, 0) is 7.05 Å². The highest BCUT2D eigenvalue weighted by atomic mass is 19.1. The number of halogens is 1. The van der Waals surface area contributed by atoms with Gasteiger partial charge in [-0.2, -0.15) is 0 Å². The second-order valence-electron chi connectivity index (χ2n) is 9.26. The Balaban J connectivity index is 1.31. The van der Waals surface area contributed by atoms with Gasteiger partial charge in [-0.1, -0.05) is 0 Å². The first-order chi connectivity index (χ1) is 17.0. The fourth-order valence-corrected chi connectivity index (χ4v) is 4.90. The van der Waals surface area contributed by atoms with Crippen LogP contribution in [0.15, 0.2) is 42.9 Å². The molecule has 0 atom stereocenters. The third-order valence-electron chi connectivity index (χ3n) is 6.87. The Hall–Kier alpha value is -3.92. The van der Waals surface area contributed by atoms with Crippen LogP contribution in [0.5, 0.6) is 11.5 Å². The summed E-state index contributed by atoms with van der Waals surface area (Å²) in [5.74, 6) is 1.06. The number of pyridine rings is 1. The second kappa shape index (κ2) is 8.09. The number of aromatic nitrogens is 4. The fourth-order valence-electron chi connectivity index (χ4n) is 4.90. The van der Waals surface area contributed by atoms with Crippen molar-refractivity contribution in [2.75, 3.05) is 50.6 Å². The van der Waals surface area contributed by atoms with E-state index in [2.05, 4.69) is 30.5 Å². The molecule has 4 aromatic rings. The van der Waals surface area contributed by atoms with Gasteiger partial charge in [0.25, 0.3) is 0 Å². The van der Waals surface area contributed by atoms with E-state index in [1.54, 1.807) is 20.4 Å². The number of anilines is 3. The van der Waals surface area contributed by atoms with Gasteiger partial charge in [-0.15, -0.1) is 0 Å². The normalized spacial score (nSPS) is 16.2. The molecule has 3 aromatic heterocycles. The number of fused-ring (bicyclic) bond motifs is 1. The molecule has 2 aliphatic heterocycles. The number of methoxy groups -OCH3 is 2. The van der Waals surface area contributed by atoms with Gasteiger partial charge in [0, 0.05) is 74.1 Å². The van der Waals surface area contributed by atoms with E-state index in [4.69, 9.17) is 9.47 Å². The van der Waals surface area contributed by atoms with Gasteiger partial charge in [0.15, 0.2) is 5.82 Å². The van der Waals surface area contributed by atoms with Gasteiger partial charge < -0.3 is 29.6 Å². The summed E-state index contributed by atoms with van der Waals surface area (Å²) in [5, 5.41) is 7.43. The van der Waals surface area contributed by atoms with Gasteiger partial charge >= 0.3 is 0 Å². The van der Waals surface area contributed by atoms with Crippen LogP contribution in [0.1, 0.15) is 0 Å². The highest BCUT2D eigenvalue weighted by molar-refractivity contribution is 5.81. The van der Waals surface area contributed by atoms with Crippen molar-refractivity contribution >= 4 is 28.4 Å². The molecule has 1 spiro atoms. The molecule has 0 bridgehead atoms. The molecule has 2 fully saturated rings. The van der Waals surface area contributed by atoms with Crippen molar-refractivity contribution in [3.63, 3.8) is 0 Å². The summed E-state index contributed by atoms with van der Waals surface area (Å²) in [7, 11) is 5.18. The highest BCUT2D eigenvalue weighted by Gasteiger charge is 2.48. The first-order valence-electron chi connectivity index (χ1n) is 11.4. The fraction of sp³-hybridized carbons (Fsp3) is 0.320. The highest BCUT2D eigenvalue weighted by Crippen LogP contribution is 2.45. The van der Waals surface area contributed by atoms with E-state index >= 15 is 0 Å². The molecule has 5 heterocycles. The van der Waals surface area contributed by atoms with E-state index in [0.717, 1.165) is 54.8 Å². The molecule has 180 valence electrons. The number of rotatable bonds is 6. The van der Waals surface area contributed by atoms with Gasteiger partial charge in [0.2, 0.25) is 5.95 Å². The molecule has 10 heteroatoms. The number of nitrogens with zero attached hydrogens (tertiary/aromatic N) is 5. The Morgan fingerprint density at radius 1 is 1.06 bits per heavy atom. The number of ether oxygens (including phenoxy) is 2. The third kappa shape index (κ3) is 3.61. The summed E-state index contributed by atoms with van der Waals surface area (Å²) < 4.78 is 28.0. The molecule has 0 aliphatic carbocycles. The van der Waals surface area contributed by atoms with Crippen molar-refractivity contribution in [1.82, 2.24) is 24.8 Å². The van der Waals surface area contributed by atoms with E-state index in [9.17, 15) is 4.39 Å². The van der Waals surface area contributed by atoms with Crippen LogP contribution in [0.3, 0.4) is 0 Å². The predicted octanol–water partition coefficient (Wildman–Crippen LogP) is 3.34. The van der Waals surface area contributed by atoms with Crippen molar-refractivity contribution in [3.05, 3.63) is 48.7 Å². The van der Waals surface area contributed by atoms with Crippen LogP contribution in [0.25, 0.3) is 22.3 Å². The first kappa shape index (κ1) is 21.6. The second-order valence-corrected chi connectivity index (χ2v) is 9.26. The zero-order valence-electron chi connectivity index (χ0n) is 19.8. The molecule has 2 N–H and O–H groups in total. The molecule has 0 radical (unpaired) electrons. The van der Waals surface area contributed by atoms with Crippen molar-refractivity contribution < 1.29 is 13.9 Å². The number of aryl methyl sites for hydroxylation is 1. The lowest BCUT2D eigenvalue weighted by Gasteiger charge is -2.57. The maximum absolute atomic E-state index is 14.7. The van der Waals surface area contributed by atoms with Gasteiger partial charge in [-0.3, -0.25) is 0 Å². The lowest BCUT2D eigenvalue weighted by molar-refractivity contribution is 0.120. The smallest absolute Gasteiger partial charge is 0.228 e. The van der Waals surface area contributed by atoms with Gasteiger partial charge in [-0.05, 0) is 12.1 Å². The first-order valence-corrected chi connectivity index (χ1v) is 11.4. The number of benzene rings is 1. The van der Waals surface area contributed by atoms with Gasteiger partial charge in [-0.25, -0.2) is 19.3 Å². The minimum Gasteiger partial charge on any atom is -0.494 e. The number of hydrogen-bond acceptors (Lipinski definition) is 8. The van der Waals surface area contributed by atoms with Crippen LogP contribution in [-0.4, -0.2) is 59.9 Å². The summed E-state index contributed by atoms with van der Waals surface area (Å²) in [6, 6.07) is 7.62. The molecule has 2 aliphatic rings. The predicted molar refractivity (Wildman–Crippen MR) is 132 cm³/mol. The Morgan fingerprint density at radius 3 is 2.57 bits per heavy atom. The molecule has 1 aromatic carbocycles. The molecule has 0 unspecified atom stereocenters. The van der Waals surface area contributed by atoms with E-state index in [-0.39, 0.29) is 11.6 Å². The quantitative estimate of drug-likeness (QED) is 0.439. The van der Waals surface area contributed by atoms with Crippen LogP contribution in [0.2, 0.25) is 0 Å². The summed E-state index contributed by atoms with van der Waals surface area (Å²) in [6.45, 7) is 4.08. The summed E-state index contributed by atoms with van der Waals surface area (Å²) in [5.41, 5.74) is 3.55. The topological polar surface area (TPSA) is 89.4 Å². The van der Waals surface area contributed by atoms with Crippen LogP contribution in [0, 0.1) is 11.2 Å². The minimum atomic E-state index is -0.523. The number of nitrogens with one attached hydrogen (secondary N) is 2. The van der Waals surface area contributed by atoms with Crippen molar-refractivity contribution in [2.24, 2.45) is 12.5 Å². The largest absolute Gasteiger partial charge is 0.494 e. The third-order valence-corrected chi connectivity index (χ3v) is 6.87. The molecule has 35 heavy (non-hydrogen) atoms. The zero-order valence-corrected chi connectivity index (χ0v) is 19.8. The molecule has 6 rings (SSSR count). The van der Waals surface area contributed by atoms with E-state index in [0.29, 0.717) is 22.4 Å². The molecule has 0 saturated carbocycles. The molecule has 0 amide bonds. The number of hydrogen-bond donors (Lipinski definition) is 2. The van der Waals surface area contributed by atoms with Crippen LogP contribution >= 0.6 is 0 Å². The molecular formula is C25H26FN7O2. The lowest BCUT2D eigenvalue weighted by atomic mass is 9.74. The Morgan fingerprint density at radius 2 is 1.86 bits per heavy atom. The van der Waals surface area contributed by atoms with E-state index in [1.165, 1.54) is 0 Å². The molecule has 9 nitrogen and oxygen atoms in total. The van der Waals surface area contributed by atoms with Crippen molar-refractivity contribution in [1.29, 1.82) is 0 Å². The maximum atomic E-state index is 14.7.